The third-order valence-electron chi connectivity index (χ3n) is 1.88. The number of allylic oxidation sites excluding steroid dienone is 2. The molecule has 56 valence electrons. The number of hydrogen-bond acceptors (Lipinski definition) is 2. The van der Waals surface area contributed by atoms with Crippen LogP contribution in [0.2, 0.25) is 0 Å². The summed E-state index contributed by atoms with van der Waals surface area (Å²) in [6.07, 6.45) is 4.23. The van der Waals surface area contributed by atoms with Crippen molar-refractivity contribution in [2.75, 3.05) is 0 Å². The van der Waals surface area contributed by atoms with Crippen LogP contribution in [0.5, 0.6) is 0 Å². The number of nitro groups is 1. The monoisotopic (exact) mass is 141 g/mol. The lowest BCUT2D eigenvalue weighted by Gasteiger charge is -2.11. The highest BCUT2D eigenvalue weighted by atomic mass is 16.6. The predicted molar refractivity (Wildman–Crippen MR) is 38.1 cm³/mol. The minimum Gasteiger partial charge on any atom is -0.259 e. The fourth-order valence-corrected chi connectivity index (χ4v) is 1.12. The molecule has 0 amide bonds. The molecule has 0 fully saturated rings. The van der Waals surface area contributed by atoms with Gasteiger partial charge in [-0.15, -0.1) is 0 Å². The molecule has 1 aliphatic rings. The van der Waals surface area contributed by atoms with Crippen molar-refractivity contribution in [3.63, 3.8) is 0 Å². The molecule has 1 aliphatic carbocycles. The Hall–Kier alpha value is -0.860. The van der Waals surface area contributed by atoms with Gasteiger partial charge < -0.3 is 0 Å². The Morgan fingerprint density at radius 2 is 2.50 bits per heavy atom. The third kappa shape index (κ3) is 1.56. The van der Waals surface area contributed by atoms with Gasteiger partial charge in [-0.3, -0.25) is 10.1 Å². The van der Waals surface area contributed by atoms with Crippen molar-refractivity contribution in [2.45, 2.75) is 26.2 Å². The van der Waals surface area contributed by atoms with E-state index in [4.69, 9.17) is 0 Å². The van der Waals surface area contributed by atoms with Crippen LogP contribution >= 0.6 is 0 Å². The molecule has 1 rings (SSSR count). The van der Waals surface area contributed by atoms with Gasteiger partial charge in [0.15, 0.2) is 0 Å². The topological polar surface area (TPSA) is 43.1 Å². The van der Waals surface area contributed by atoms with Gasteiger partial charge in [0.05, 0.1) is 4.92 Å². The predicted octanol–water partition coefficient (Wildman–Crippen LogP) is 1.97. The molecule has 10 heavy (non-hydrogen) atoms. The lowest BCUT2D eigenvalue weighted by atomic mass is 9.95. The molecule has 0 N–H and O–H groups in total. The van der Waals surface area contributed by atoms with Crippen LogP contribution in [0, 0.1) is 16.0 Å². The molecule has 3 heteroatoms. The van der Waals surface area contributed by atoms with Crippen LogP contribution in [0.1, 0.15) is 26.2 Å². The van der Waals surface area contributed by atoms with Crippen molar-refractivity contribution >= 4 is 0 Å². The van der Waals surface area contributed by atoms with Gasteiger partial charge in [-0.05, 0) is 24.8 Å². The molecule has 0 saturated heterocycles. The van der Waals surface area contributed by atoms with E-state index in [-0.39, 0.29) is 4.92 Å². The van der Waals surface area contributed by atoms with E-state index in [1.165, 1.54) is 0 Å². The molecule has 0 aromatic rings. The van der Waals surface area contributed by atoms with E-state index in [9.17, 15) is 10.1 Å². The molecule has 0 spiro atoms. The Labute approximate surface area is 59.9 Å². The summed E-state index contributed by atoms with van der Waals surface area (Å²) in [5, 5.41) is 10.2. The standard InChI is InChI=1S/C7H11NO2/c1-6-2-4-7(5-3-6)8(9)10/h4,6H,2-3,5H2,1H3/t6-/m1/s1. The molecule has 0 aromatic heterocycles. The molecular formula is C7H11NO2. The van der Waals surface area contributed by atoms with Gasteiger partial charge in [-0.1, -0.05) is 6.92 Å². The van der Waals surface area contributed by atoms with Crippen molar-refractivity contribution in [1.29, 1.82) is 0 Å². The smallest absolute Gasteiger partial charge is 0.242 e. The summed E-state index contributed by atoms with van der Waals surface area (Å²) in [4.78, 5) is 9.93. The molecule has 0 heterocycles. The van der Waals surface area contributed by atoms with Gasteiger partial charge in [-0.25, -0.2) is 0 Å². The maximum Gasteiger partial charge on any atom is 0.242 e. The van der Waals surface area contributed by atoms with Crippen LogP contribution < -0.4 is 0 Å². The second-order valence-electron chi connectivity index (χ2n) is 2.83. The Morgan fingerprint density at radius 3 is 2.90 bits per heavy atom. The average molecular weight is 141 g/mol. The largest absolute Gasteiger partial charge is 0.259 e. The second-order valence-corrected chi connectivity index (χ2v) is 2.83. The SMILES string of the molecule is C[C@@H]1CC=C([N+](=O)[O-])CC1. The Balaban J connectivity index is 2.56. The Bertz CT molecular complexity index is 174. The molecular weight excluding hydrogens is 130 g/mol. The zero-order valence-electron chi connectivity index (χ0n) is 6.04. The normalized spacial score (nSPS) is 25.7. The van der Waals surface area contributed by atoms with Gasteiger partial charge in [0, 0.05) is 6.42 Å². The first-order valence-electron chi connectivity index (χ1n) is 3.53. The van der Waals surface area contributed by atoms with Crippen molar-refractivity contribution < 1.29 is 4.92 Å². The summed E-state index contributed by atoms with van der Waals surface area (Å²) in [5.74, 6) is 0.628. The first-order valence-corrected chi connectivity index (χ1v) is 3.53. The lowest BCUT2D eigenvalue weighted by Crippen LogP contribution is -2.07. The quantitative estimate of drug-likeness (QED) is 0.414. The number of rotatable bonds is 1. The van der Waals surface area contributed by atoms with Gasteiger partial charge in [0.2, 0.25) is 5.70 Å². The van der Waals surface area contributed by atoms with E-state index >= 15 is 0 Å². The molecule has 0 unspecified atom stereocenters. The molecule has 3 nitrogen and oxygen atoms in total. The van der Waals surface area contributed by atoms with Crippen molar-refractivity contribution in [2.24, 2.45) is 5.92 Å². The molecule has 1 atom stereocenters. The Morgan fingerprint density at radius 1 is 1.80 bits per heavy atom. The van der Waals surface area contributed by atoms with E-state index in [2.05, 4.69) is 6.92 Å². The van der Waals surface area contributed by atoms with Gasteiger partial charge in [-0.2, -0.15) is 0 Å². The molecule has 0 radical (unpaired) electrons. The summed E-state index contributed by atoms with van der Waals surface area (Å²) < 4.78 is 0. The number of hydrogen-bond donors (Lipinski definition) is 0. The maximum atomic E-state index is 10.2. The van der Waals surface area contributed by atoms with E-state index in [0.29, 0.717) is 18.0 Å². The minimum atomic E-state index is -0.272. The molecule has 0 aliphatic heterocycles. The van der Waals surface area contributed by atoms with Crippen LogP contribution in [-0.4, -0.2) is 4.92 Å². The summed E-state index contributed by atoms with van der Waals surface area (Å²) >= 11 is 0. The molecule has 0 aromatic carbocycles. The molecule has 0 bridgehead atoms. The zero-order valence-corrected chi connectivity index (χ0v) is 6.04. The number of nitrogens with zero attached hydrogens (tertiary/aromatic N) is 1. The lowest BCUT2D eigenvalue weighted by molar-refractivity contribution is -0.429. The van der Waals surface area contributed by atoms with Crippen molar-refractivity contribution in [1.82, 2.24) is 0 Å². The van der Waals surface area contributed by atoms with Gasteiger partial charge in [0.1, 0.15) is 0 Å². The summed E-state index contributed by atoms with van der Waals surface area (Å²) in [6.45, 7) is 2.12. The van der Waals surface area contributed by atoms with Gasteiger partial charge >= 0.3 is 0 Å². The third-order valence-corrected chi connectivity index (χ3v) is 1.88. The van der Waals surface area contributed by atoms with Crippen LogP contribution in [0.3, 0.4) is 0 Å². The Kier molecular flexibility index (Phi) is 2.04. The second kappa shape index (κ2) is 2.82. The van der Waals surface area contributed by atoms with E-state index in [1.54, 1.807) is 6.08 Å². The minimum absolute atomic E-state index is 0.272. The first kappa shape index (κ1) is 7.25. The van der Waals surface area contributed by atoms with E-state index in [0.717, 1.165) is 12.8 Å². The summed E-state index contributed by atoms with van der Waals surface area (Å²) in [7, 11) is 0. The average Bonchev–Trinajstić information content (AvgIpc) is 1.88. The molecule has 0 saturated carbocycles. The van der Waals surface area contributed by atoms with Gasteiger partial charge in [0.25, 0.3) is 0 Å². The van der Waals surface area contributed by atoms with Crippen molar-refractivity contribution in [3.05, 3.63) is 21.9 Å². The fourth-order valence-electron chi connectivity index (χ4n) is 1.12. The fraction of sp³-hybridized carbons (Fsp3) is 0.714. The van der Waals surface area contributed by atoms with Crippen LogP contribution in [0.25, 0.3) is 0 Å². The first-order chi connectivity index (χ1) is 4.70. The highest BCUT2D eigenvalue weighted by Crippen LogP contribution is 2.22. The van der Waals surface area contributed by atoms with Crippen molar-refractivity contribution in [3.8, 4) is 0 Å². The zero-order chi connectivity index (χ0) is 7.56. The van der Waals surface area contributed by atoms with Crippen LogP contribution in [0.4, 0.5) is 0 Å². The summed E-state index contributed by atoms with van der Waals surface area (Å²) in [5.41, 5.74) is 0.401. The van der Waals surface area contributed by atoms with E-state index < -0.39 is 0 Å². The maximum absolute atomic E-state index is 10.2. The van der Waals surface area contributed by atoms with E-state index in [1.807, 2.05) is 0 Å². The van der Waals surface area contributed by atoms with Crippen LogP contribution in [0.15, 0.2) is 11.8 Å². The summed E-state index contributed by atoms with van der Waals surface area (Å²) in [6, 6.07) is 0. The highest BCUT2D eigenvalue weighted by Gasteiger charge is 2.17. The highest BCUT2D eigenvalue weighted by molar-refractivity contribution is 4.96. The van der Waals surface area contributed by atoms with Crippen LogP contribution in [-0.2, 0) is 0 Å².